The van der Waals surface area contributed by atoms with Crippen LogP contribution in [0, 0.1) is 5.92 Å². The molecule has 1 aromatic rings. The number of hydrogen-bond donors (Lipinski definition) is 1. The van der Waals surface area contributed by atoms with Crippen molar-refractivity contribution in [2.75, 3.05) is 13.7 Å². The minimum atomic E-state index is -0.726. The number of ether oxygens (including phenoxy) is 2. The lowest BCUT2D eigenvalue weighted by molar-refractivity contribution is -0.139. The molecule has 7 nitrogen and oxygen atoms in total. The summed E-state index contributed by atoms with van der Waals surface area (Å²) in [7, 11) is 1.57. The Kier molecular flexibility index (Phi) is 6.45. The number of carbonyl (C=O) groups excluding carboxylic acids is 3. The van der Waals surface area contributed by atoms with Crippen molar-refractivity contribution in [2.24, 2.45) is 5.92 Å². The molecule has 1 N–H and O–H groups in total. The fraction of sp³-hybridized carbons (Fsp3) is 0.640. The molecule has 1 saturated carbocycles. The predicted octanol–water partition coefficient (Wildman–Crippen LogP) is 3.50. The van der Waals surface area contributed by atoms with Crippen LogP contribution in [0.15, 0.2) is 18.2 Å². The topological polar surface area (TPSA) is 84.9 Å². The molecule has 7 heteroatoms. The van der Waals surface area contributed by atoms with Crippen LogP contribution in [0.25, 0.3) is 0 Å². The number of nitrogens with one attached hydrogen (secondary N) is 1. The fourth-order valence-electron chi connectivity index (χ4n) is 5.21. The zero-order valence-corrected chi connectivity index (χ0v) is 19.3. The summed E-state index contributed by atoms with van der Waals surface area (Å²) in [4.78, 5) is 40.3. The highest BCUT2D eigenvalue weighted by Crippen LogP contribution is 2.41. The van der Waals surface area contributed by atoms with Gasteiger partial charge in [-0.2, -0.15) is 0 Å². The van der Waals surface area contributed by atoms with Gasteiger partial charge in [-0.05, 0) is 57.1 Å². The summed E-state index contributed by atoms with van der Waals surface area (Å²) in [6.07, 6.45) is 5.72. The molecule has 32 heavy (non-hydrogen) atoms. The van der Waals surface area contributed by atoms with Gasteiger partial charge in [0.05, 0.1) is 19.1 Å². The Hall–Kier alpha value is -2.57. The maximum atomic E-state index is 12.9. The highest BCUT2D eigenvalue weighted by atomic mass is 16.5. The first-order valence-corrected chi connectivity index (χ1v) is 11.8. The SMILES string of the molecule is COc1ccc2c(c1)OC1(CCC(=O)N(C(C)C(=O)NC3CCC(C)CC3)CC1)CC2=O. The van der Waals surface area contributed by atoms with E-state index >= 15 is 0 Å². The van der Waals surface area contributed by atoms with Gasteiger partial charge in [-0.25, -0.2) is 0 Å². The number of likely N-dealkylation sites (tertiary alicyclic amines) is 1. The summed E-state index contributed by atoms with van der Waals surface area (Å²) >= 11 is 0. The number of nitrogens with zero attached hydrogens (tertiary/aromatic N) is 1. The smallest absolute Gasteiger partial charge is 0.242 e. The lowest BCUT2D eigenvalue weighted by atomic mass is 9.84. The lowest BCUT2D eigenvalue weighted by Crippen LogP contribution is -2.51. The van der Waals surface area contributed by atoms with E-state index in [9.17, 15) is 14.4 Å². The third-order valence-corrected chi connectivity index (χ3v) is 7.43. The largest absolute Gasteiger partial charge is 0.497 e. The Labute approximate surface area is 189 Å². The average Bonchev–Trinajstić information content (AvgIpc) is 2.93. The van der Waals surface area contributed by atoms with Gasteiger partial charge in [0, 0.05) is 31.5 Å². The highest BCUT2D eigenvalue weighted by Gasteiger charge is 2.44. The molecule has 4 rings (SSSR count). The van der Waals surface area contributed by atoms with Gasteiger partial charge in [0.25, 0.3) is 0 Å². The van der Waals surface area contributed by atoms with Gasteiger partial charge in [-0.15, -0.1) is 0 Å². The molecule has 2 fully saturated rings. The van der Waals surface area contributed by atoms with E-state index in [1.807, 2.05) is 0 Å². The second-order valence-corrected chi connectivity index (χ2v) is 9.73. The molecular weight excluding hydrogens is 408 g/mol. The van der Waals surface area contributed by atoms with Gasteiger partial charge in [0.15, 0.2) is 5.78 Å². The average molecular weight is 443 g/mol. The second-order valence-electron chi connectivity index (χ2n) is 9.73. The number of fused-ring (bicyclic) bond motifs is 1. The van der Waals surface area contributed by atoms with Crippen molar-refractivity contribution in [3.63, 3.8) is 0 Å². The zero-order chi connectivity index (χ0) is 22.9. The molecule has 2 unspecified atom stereocenters. The summed E-state index contributed by atoms with van der Waals surface area (Å²) in [6.45, 7) is 4.43. The first-order valence-electron chi connectivity index (χ1n) is 11.8. The maximum Gasteiger partial charge on any atom is 0.242 e. The van der Waals surface area contributed by atoms with Crippen molar-refractivity contribution in [3.8, 4) is 11.5 Å². The Morgan fingerprint density at radius 2 is 1.97 bits per heavy atom. The minimum absolute atomic E-state index is 0.0205. The molecule has 0 aromatic heterocycles. The van der Waals surface area contributed by atoms with Crippen LogP contribution in [-0.2, 0) is 9.59 Å². The second kappa shape index (κ2) is 9.12. The maximum absolute atomic E-state index is 12.9. The first kappa shape index (κ1) is 22.6. The molecule has 2 amide bonds. The number of amides is 2. The van der Waals surface area contributed by atoms with E-state index in [1.165, 1.54) is 0 Å². The van der Waals surface area contributed by atoms with Gasteiger partial charge in [0.1, 0.15) is 23.1 Å². The lowest BCUT2D eigenvalue weighted by Gasteiger charge is -2.37. The van der Waals surface area contributed by atoms with Crippen LogP contribution < -0.4 is 14.8 Å². The fourth-order valence-corrected chi connectivity index (χ4v) is 5.21. The molecule has 1 aliphatic carbocycles. The van der Waals surface area contributed by atoms with Gasteiger partial charge in [0.2, 0.25) is 11.8 Å². The van der Waals surface area contributed by atoms with Crippen LogP contribution in [0.4, 0.5) is 0 Å². The van der Waals surface area contributed by atoms with Gasteiger partial charge in [-0.1, -0.05) is 6.92 Å². The Balaban J connectivity index is 1.43. The van der Waals surface area contributed by atoms with E-state index in [0.29, 0.717) is 42.4 Å². The molecule has 2 aliphatic heterocycles. The standard InChI is InChI=1S/C25H34N2O5/c1-16-4-6-18(7-5-16)26-24(30)17(2)27-13-12-25(11-10-23(27)29)15-21(28)20-9-8-19(31-3)14-22(20)32-25/h8-9,14,16-18H,4-7,10-13,15H2,1-3H3,(H,26,30). The predicted molar refractivity (Wildman–Crippen MR) is 120 cm³/mol. The van der Waals surface area contributed by atoms with Crippen LogP contribution in [-0.4, -0.2) is 53.8 Å². The molecule has 1 spiro atoms. The van der Waals surface area contributed by atoms with Crippen LogP contribution in [0.5, 0.6) is 11.5 Å². The molecule has 2 heterocycles. The normalized spacial score (nSPS) is 29.0. The minimum Gasteiger partial charge on any atom is -0.497 e. The van der Waals surface area contributed by atoms with Crippen LogP contribution >= 0.6 is 0 Å². The molecule has 174 valence electrons. The number of Topliss-reactive ketones (excluding diaryl/α,β-unsaturated/α-hetero) is 1. The summed E-state index contributed by atoms with van der Waals surface area (Å²) in [5, 5.41) is 3.15. The number of ketones is 1. The van der Waals surface area contributed by atoms with Crippen LogP contribution in [0.3, 0.4) is 0 Å². The summed E-state index contributed by atoms with van der Waals surface area (Å²) in [6, 6.07) is 4.88. The quantitative estimate of drug-likeness (QED) is 0.772. The summed E-state index contributed by atoms with van der Waals surface area (Å²) in [5.74, 6) is 1.72. The summed E-state index contributed by atoms with van der Waals surface area (Å²) in [5.41, 5.74) is -0.172. The number of rotatable bonds is 4. The van der Waals surface area contributed by atoms with Crippen molar-refractivity contribution in [3.05, 3.63) is 23.8 Å². The van der Waals surface area contributed by atoms with Crippen molar-refractivity contribution in [1.82, 2.24) is 10.2 Å². The van der Waals surface area contributed by atoms with Gasteiger partial charge >= 0.3 is 0 Å². The zero-order valence-electron chi connectivity index (χ0n) is 19.3. The Morgan fingerprint density at radius 3 is 2.69 bits per heavy atom. The Morgan fingerprint density at radius 1 is 1.22 bits per heavy atom. The molecule has 0 bridgehead atoms. The third kappa shape index (κ3) is 4.62. The van der Waals surface area contributed by atoms with Crippen LogP contribution in [0.1, 0.15) is 75.6 Å². The van der Waals surface area contributed by atoms with E-state index in [2.05, 4.69) is 12.2 Å². The van der Waals surface area contributed by atoms with Crippen LogP contribution in [0.2, 0.25) is 0 Å². The van der Waals surface area contributed by atoms with E-state index in [4.69, 9.17) is 9.47 Å². The number of methoxy groups -OCH3 is 1. The van der Waals surface area contributed by atoms with E-state index in [0.717, 1.165) is 25.7 Å². The molecule has 1 saturated heterocycles. The highest BCUT2D eigenvalue weighted by molar-refractivity contribution is 6.00. The van der Waals surface area contributed by atoms with Gasteiger partial charge < -0.3 is 19.7 Å². The summed E-state index contributed by atoms with van der Waals surface area (Å²) < 4.78 is 11.6. The molecule has 3 aliphatic rings. The monoisotopic (exact) mass is 442 g/mol. The number of carbonyl (C=O) groups is 3. The number of benzene rings is 1. The van der Waals surface area contributed by atoms with Gasteiger partial charge in [-0.3, -0.25) is 14.4 Å². The molecule has 2 atom stereocenters. The molecule has 1 aromatic carbocycles. The molecule has 0 radical (unpaired) electrons. The third-order valence-electron chi connectivity index (χ3n) is 7.43. The van der Waals surface area contributed by atoms with E-state index in [-0.39, 0.29) is 36.5 Å². The van der Waals surface area contributed by atoms with Crippen molar-refractivity contribution in [2.45, 2.75) is 82.9 Å². The van der Waals surface area contributed by atoms with Crippen molar-refractivity contribution >= 4 is 17.6 Å². The first-order chi connectivity index (χ1) is 15.3. The van der Waals surface area contributed by atoms with Crippen molar-refractivity contribution < 1.29 is 23.9 Å². The molecular formula is C25H34N2O5. The van der Waals surface area contributed by atoms with Crippen molar-refractivity contribution in [1.29, 1.82) is 0 Å². The Bertz CT molecular complexity index is 892. The van der Waals surface area contributed by atoms with E-state index < -0.39 is 11.6 Å². The number of hydrogen-bond acceptors (Lipinski definition) is 5. The van der Waals surface area contributed by atoms with E-state index in [1.54, 1.807) is 37.1 Å².